The number of nitriles is 1. The number of rotatable bonds is 6. The third-order valence-corrected chi connectivity index (χ3v) is 3.18. The van der Waals surface area contributed by atoms with Crippen molar-refractivity contribution in [2.75, 3.05) is 52.9 Å². The van der Waals surface area contributed by atoms with Crippen LogP contribution in [0.4, 0.5) is 0 Å². The number of ether oxygens (including phenoxy) is 1. The lowest BCUT2D eigenvalue weighted by Crippen LogP contribution is -2.50. The van der Waals surface area contributed by atoms with E-state index in [1.807, 2.05) is 6.07 Å². The van der Waals surface area contributed by atoms with Crippen LogP contribution in [0, 0.1) is 11.3 Å². The van der Waals surface area contributed by atoms with Crippen LogP contribution in [0.2, 0.25) is 0 Å². The Morgan fingerprint density at radius 3 is 2.57 bits per heavy atom. The first kappa shape index (κ1) is 16.9. The molecule has 3 N–H and O–H groups in total. The van der Waals surface area contributed by atoms with Gasteiger partial charge in [0, 0.05) is 45.5 Å². The van der Waals surface area contributed by atoms with Crippen molar-refractivity contribution in [3.05, 3.63) is 11.8 Å². The van der Waals surface area contributed by atoms with E-state index in [1.54, 1.807) is 4.90 Å². The van der Waals surface area contributed by atoms with Crippen LogP contribution >= 0.6 is 0 Å². The molecule has 116 valence electrons. The van der Waals surface area contributed by atoms with Crippen LogP contribution in [0.1, 0.15) is 0 Å². The molecule has 8 heteroatoms. The van der Waals surface area contributed by atoms with Crippen LogP contribution in [-0.4, -0.2) is 74.6 Å². The molecule has 0 aromatic rings. The number of carbonyl (C=O) groups excluding carboxylic acids is 2. The van der Waals surface area contributed by atoms with E-state index in [1.165, 1.54) is 13.3 Å². The van der Waals surface area contributed by atoms with Crippen molar-refractivity contribution in [3.63, 3.8) is 0 Å². The van der Waals surface area contributed by atoms with Gasteiger partial charge in [-0.15, -0.1) is 0 Å². The van der Waals surface area contributed by atoms with Crippen LogP contribution in [0.25, 0.3) is 0 Å². The number of nitrogens with zero attached hydrogens (tertiary/aromatic N) is 3. The van der Waals surface area contributed by atoms with E-state index in [0.717, 1.165) is 19.6 Å². The zero-order valence-electron chi connectivity index (χ0n) is 12.2. The van der Waals surface area contributed by atoms with E-state index in [0.29, 0.717) is 19.6 Å². The summed E-state index contributed by atoms with van der Waals surface area (Å²) in [5.41, 5.74) is 5.47. The van der Waals surface area contributed by atoms with Gasteiger partial charge in [0.25, 0.3) is 5.91 Å². The minimum Gasteiger partial charge on any atom is -0.468 e. The van der Waals surface area contributed by atoms with Crippen LogP contribution < -0.4 is 11.1 Å². The number of hydrogen-bond acceptors (Lipinski definition) is 7. The Hall–Kier alpha value is -2.11. The number of hydrogen-bond donors (Lipinski definition) is 2. The monoisotopic (exact) mass is 295 g/mol. The first-order valence-electron chi connectivity index (χ1n) is 6.74. The molecule has 0 aromatic heterocycles. The Morgan fingerprint density at radius 2 is 2.05 bits per heavy atom. The van der Waals surface area contributed by atoms with Gasteiger partial charge in [-0.3, -0.25) is 14.5 Å². The molecule has 0 aromatic carbocycles. The molecular weight excluding hydrogens is 274 g/mol. The maximum Gasteiger partial charge on any atom is 0.325 e. The topological polar surface area (TPSA) is 112 Å². The minimum atomic E-state index is -0.466. The maximum absolute atomic E-state index is 12.2. The van der Waals surface area contributed by atoms with Crippen molar-refractivity contribution in [1.82, 2.24) is 15.1 Å². The molecule has 1 amide bonds. The molecule has 1 saturated heterocycles. The highest BCUT2D eigenvalue weighted by molar-refractivity contribution is 5.97. The largest absolute Gasteiger partial charge is 0.468 e. The van der Waals surface area contributed by atoms with Gasteiger partial charge in [0.15, 0.2) is 0 Å². The standard InChI is InChI=1S/C13H21N5O3/c1-21-12(19)10-16-9-11(8-15)13(20)18-6-4-17(3-2-14)5-7-18/h9,16H,2-7,10,14H2,1H3/b11-9-. The van der Waals surface area contributed by atoms with Crippen LogP contribution in [0.15, 0.2) is 11.8 Å². The molecule has 0 unspecified atom stereocenters. The van der Waals surface area contributed by atoms with E-state index in [9.17, 15) is 9.59 Å². The lowest BCUT2D eigenvalue weighted by molar-refractivity contribution is -0.139. The molecule has 0 radical (unpaired) electrons. The zero-order valence-corrected chi connectivity index (χ0v) is 12.2. The van der Waals surface area contributed by atoms with E-state index < -0.39 is 5.97 Å². The van der Waals surface area contributed by atoms with Gasteiger partial charge in [-0.25, -0.2) is 0 Å². The zero-order chi connectivity index (χ0) is 15.7. The van der Waals surface area contributed by atoms with Crippen LogP contribution in [0.5, 0.6) is 0 Å². The van der Waals surface area contributed by atoms with Gasteiger partial charge in [-0.2, -0.15) is 5.26 Å². The van der Waals surface area contributed by atoms with Crippen molar-refractivity contribution in [1.29, 1.82) is 5.26 Å². The van der Waals surface area contributed by atoms with E-state index in [4.69, 9.17) is 11.0 Å². The average Bonchev–Trinajstić information content (AvgIpc) is 2.51. The fourth-order valence-corrected chi connectivity index (χ4v) is 1.98. The van der Waals surface area contributed by atoms with E-state index >= 15 is 0 Å². The van der Waals surface area contributed by atoms with Crippen LogP contribution in [-0.2, 0) is 14.3 Å². The first-order chi connectivity index (χ1) is 10.1. The SMILES string of the molecule is COC(=O)CN/C=C(/C#N)C(=O)N1CCN(CCN)CC1. The van der Waals surface area contributed by atoms with Crippen molar-refractivity contribution >= 4 is 11.9 Å². The number of esters is 1. The van der Waals surface area contributed by atoms with Gasteiger partial charge < -0.3 is 20.7 Å². The summed E-state index contributed by atoms with van der Waals surface area (Å²) >= 11 is 0. The fourth-order valence-electron chi connectivity index (χ4n) is 1.98. The van der Waals surface area contributed by atoms with Crippen molar-refractivity contribution in [2.24, 2.45) is 5.73 Å². The van der Waals surface area contributed by atoms with E-state index in [2.05, 4.69) is 15.0 Å². The quantitative estimate of drug-likeness (QED) is 0.340. The van der Waals surface area contributed by atoms with Gasteiger partial charge in [-0.1, -0.05) is 0 Å². The van der Waals surface area contributed by atoms with Gasteiger partial charge in [0.05, 0.1) is 7.11 Å². The van der Waals surface area contributed by atoms with Gasteiger partial charge in [0.2, 0.25) is 0 Å². The molecule has 1 heterocycles. The number of nitrogens with one attached hydrogen (secondary N) is 1. The third kappa shape index (κ3) is 5.41. The molecule has 0 aliphatic carbocycles. The second-order valence-electron chi connectivity index (χ2n) is 4.55. The van der Waals surface area contributed by atoms with E-state index in [-0.39, 0.29) is 18.0 Å². The Balaban J connectivity index is 2.50. The third-order valence-electron chi connectivity index (χ3n) is 3.18. The minimum absolute atomic E-state index is 0.0221. The summed E-state index contributed by atoms with van der Waals surface area (Å²) in [7, 11) is 1.27. The number of methoxy groups -OCH3 is 1. The summed E-state index contributed by atoms with van der Waals surface area (Å²) in [5, 5.41) is 11.6. The van der Waals surface area contributed by atoms with Crippen molar-refractivity contribution in [3.8, 4) is 6.07 Å². The summed E-state index contributed by atoms with van der Waals surface area (Å²) in [6, 6.07) is 1.85. The molecule has 21 heavy (non-hydrogen) atoms. The maximum atomic E-state index is 12.2. The summed E-state index contributed by atoms with van der Waals surface area (Å²) in [6.07, 6.45) is 1.26. The van der Waals surface area contributed by atoms with Gasteiger partial charge in [-0.05, 0) is 0 Å². The molecule has 1 fully saturated rings. The average molecular weight is 295 g/mol. The Morgan fingerprint density at radius 1 is 1.38 bits per heavy atom. The second-order valence-corrected chi connectivity index (χ2v) is 4.55. The molecule has 1 rings (SSSR count). The highest BCUT2D eigenvalue weighted by Gasteiger charge is 2.23. The second kappa shape index (κ2) is 8.94. The number of carbonyl (C=O) groups is 2. The van der Waals surface area contributed by atoms with Gasteiger partial charge in [0.1, 0.15) is 18.2 Å². The highest BCUT2D eigenvalue weighted by Crippen LogP contribution is 2.06. The molecule has 0 spiro atoms. The smallest absolute Gasteiger partial charge is 0.325 e. The number of nitrogens with two attached hydrogens (primary N) is 1. The Labute approximate surface area is 124 Å². The molecular formula is C13H21N5O3. The molecule has 1 aliphatic rings. The first-order valence-corrected chi connectivity index (χ1v) is 6.74. The summed E-state index contributed by atoms with van der Waals surface area (Å²) in [4.78, 5) is 26.9. The number of amides is 1. The molecule has 1 aliphatic heterocycles. The normalized spacial score (nSPS) is 16.2. The van der Waals surface area contributed by atoms with Gasteiger partial charge >= 0.3 is 5.97 Å². The molecule has 0 atom stereocenters. The lowest BCUT2D eigenvalue weighted by Gasteiger charge is -2.34. The number of piperazine rings is 1. The van der Waals surface area contributed by atoms with Crippen molar-refractivity contribution < 1.29 is 14.3 Å². The summed E-state index contributed by atoms with van der Waals surface area (Å²) in [6.45, 7) is 3.94. The Bertz CT molecular complexity index is 436. The molecule has 0 saturated carbocycles. The Kier molecular flexibility index (Phi) is 7.21. The summed E-state index contributed by atoms with van der Waals surface area (Å²) < 4.78 is 4.45. The van der Waals surface area contributed by atoms with Crippen molar-refractivity contribution in [2.45, 2.75) is 0 Å². The predicted molar refractivity (Wildman–Crippen MR) is 75.8 cm³/mol. The summed E-state index contributed by atoms with van der Waals surface area (Å²) in [5.74, 6) is -0.798. The molecule has 8 nitrogen and oxygen atoms in total. The fraction of sp³-hybridized carbons (Fsp3) is 0.615. The highest BCUT2D eigenvalue weighted by atomic mass is 16.5. The predicted octanol–water partition coefficient (Wildman–Crippen LogP) is -1.74. The van der Waals surface area contributed by atoms with Crippen LogP contribution in [0.3, 0.4) is 0 Å². The lowest BCUT2D eigenvalue weighted by atomic mass is 10.2. The molecule has 0 bridgehead atoms.